The van der Waals surface area contributed by atoms with Crippen LogP contribution in [0.4, 0.5) is 16.2 Å². The first-order valence-corrected chi connectivity index (χ1v) is 14.1. The summed E-state index contributed by atoms with van der Waals surface area (Å²) in [6, 6.07) is 9.60. The number of aromatic nitrogens is 1. The number of anilines is 2. The van der Waals surface area contributed by atoms with E-state index >= 15 is 0 Å². The van der Waals surface area contributed by atoms with E-state index in [4.69, 9.17) is 32.5 Å². The number of fused-ring (bicyclic) bond motifs is 1. The minimum Gasteiger partial charge on any atom is -0.488 e. The van der Waals surface area contributed by atoms with Gasteiger partial charge in [0.2, 0.25) is 0 Å². The molecule has 3 aromatic rings. The van der Waals surface area contributed by atoms with Crippen molar-refractivity contribution in [1.82, 2.24) is 15.0 Å². The van der Waals surface area contributed by atoms with E-state index in [1.807, 2.05) is 26.1 Å². The van der Waals surface area contributed by atoms with Crippen molar-refractivity contribution in [2.75, 3.05) is 37.4 Å². The van der Waals surface area contributed by atoms with Gasteiger partial charge in [0.25, 0.3) is 5.91 Å². The maximum absolute atomic E-state index is 13.7. The first kappa shape index (κ1) is 30.6. The van der Waals surface area contributed by atoms with Crippen LogP contribution in [0.1, 0.15) is 41.2 Å². The van der Waals surface area contributed by atoms with E-state index < -0.39 is 12.1 Å². The van der Waals surface area contributed by atoms with Gasteiger partial charge < -0.3 is 29.9 Å². The molecule has 2 aromatic carbocycles. The van der Waals surface area contributed by atoms with Crippen LogP contribution in [-0.2, 0) is 6.54 Å². The summed E-state index contributed by atoms with van der Waals surface area (Å²) in [6.07, 6.45) is -0.273. The molecule has 0 aliphatic carbocycles. The van der Waals surface area contributed by atoms with Crippen molar-refractivity contribution >= 4 is 46.5 Å². The average Bonchev–Trinajstić information content (AvgIpc) is 3.24. The van der Waals surface area contributed by atoms with Gasteiger partial charge >= 0.3 is 6.03 Å². The quantitative estimate of drug-likeness (QED) is 0.307. The van der Waals surface area contributed by atoms with E-state index in [0.717, 1.165) is 5.56 Å². The molecule has 3 amide bonds. The molecule has 41 heavy (non-hydrogen) atoms. The molecular weight excluding hydrogens is 569 g/mol. The van der Waals surface area contributed by atoms with Crippen molar-refractivity contribution in [2.24, 2.45) is 5.92 Å². The molecule has 12 heteroatoms. The second-order valence-electron chi connectivity index (χ2n) is 10.6. The van der Waals surface area contributed by atoms with Gasteiger partial charge in [0.15, 0.2) is 5.76 Å². The number of hydrogen-bond acceptors (Lipinski definition) is 7. The summed E-state index contributed by atoms with van der Waals surface area (Å²) in [5.41, 5.74) is 2.75. The predicted octanol–water partition coefficient (Wildman–Crippen LogP) is 5.59. The van der Waals surface area contributed by atoms with E-state index in [1.165, 1.54) is 0 Å². The third-order valence-corrected chi connectivity index (χ3v) is 7.86. The number of ether oxygens (including phenoxy) is 1. The Labute approximate surface area is 249 Å². The Kier molecular flexibility index (Phi) is 9.80. The minimum absolute atomic E-state index is 0.0454. The minimum atomic E-state index is -0.505. The number of nitrogens with zero attached hydrogens (tertiary/aromatic N) is 3. The molecule has 3 N–H and O–H groups in total. The van der Waals surface area contributed by atoms with Gasteiger partial charge in [-0.1, -0.05) is 41.3 Å². The van der Waals surface area contributed by atoms with Crippen molar-refractivity contribution < 1.29 is 24.0 Å². The Morgan fingerprint density at radius 1 is 1.20 bits per heavy atom. The predicted molar refractivity (Wildman–Crippen MR) is 159 cm³/mol. The molecule has 0 unspecified atom stereocenters. The smallest absolute Gasteiger partial charge is 0.323 e. The standard InChI is InChI=1S/C29H35Cl2N5O5/c1-16-12-36(17(2)15-37)28(38)22-11-21(32-29(39)33-27-18(3)34-41-19(27)4)7-9-25(22)40-26(16)14-35(5)13-20-6-8-23(30)24(31)10-20/h6-11,16-17,26,37H,12-15H2,1-5H3,(H2,32,33,39)/t16-,17-,26-/m1/s1. The number of aryl methyl sites for hydroxylation is 2. The number of hydrogen-bond donors (Lipinski definition) is 3. The van der Waals surface area contributed by atoms with Gasteiger partial charge in [-0.05, 0) is 63.7 Å². The number of halogens is 2. The number of nitrogens with one attached hydrogen (secondary N) is 2. The fourth-order valence-corrected chi connectivity index (χ4v) is 5.10. The van der Waals surface area contributed by atoms with Crippen molar-refractivity contribution in [3.63, 3.8) is 0 Å². The van der Waals surface area contributed by atoms with E-state index in [0.29, 0.717) is 63.8 Å². The van der Waals surface area contributed by atoms with Gasteiger partial charge in [-0.25, -0.2) is 4.79 Å². The molecule has 0 radical (unpaired) electrons. The number of aliphatic hydroxyl groups excluding tert-OH is 1. The molecule has 0 saturated heterocycles. The van der Waals surface area contributed by atoms with Crippen molar-refractivity contribution in [3.05, 3.63) is 69.0 Å². The molecular formula is C29H35Cl2N5O5. The molecule has 1 aliphatic rings. The van der Waals surface area contributed by atoms with Crippen LogP contribution in [0.15, 0.2) is 40.9 Å². The van der Waals surface area contributed by atoms with Crippen molar-refractivity contribution in [1.29, 1.82) is 0 Å². The molecule has 0 spiro atoms. The van der Waals surface area contributed by atoms with Crippen LogP contribution in [-0.4, -0.2) is 70.9 Å². The number of benzene rings is 2. The number of urea groups is 1. The first-order chi connectivity index (χ1) is 19.5. The maximum Gasteiger partial charge on any atom is 0.323 e. The van der Waals surface area contributed by atoms with E-state index in [9.17, 15) is 14.7 Å². The van der Waals surface area contributed by atoms with Crippen LogP contribution in [0.5, 0.6) is 5.75 Å². The van der Waals surface area contributed by atoms with Gasteiger partial charge in [-0.3, -0.25) is 9.69 Å². The zero-order chi connectivity index (χ0) is 29.8. The number of carbonyl (C=O) groups is 2. The molecule has 0 bridgehead atoms. The molecule has 4 rings (SSSR count). The molecule has 2 heterocycles. The highest BCUT2D eigenvalue weighted by Gasteiger charge is 2.33. The number of likely N-dealkylation sites (N-methyl/N-ethyl adjacent to an activating group) is 1. The SMILES string of the molecule is Cc1noc(C)c1NC(=O)Nc1ccc2c(c1)C(=O)N([C@H](C)CO)C[C@@H](C)[C@@H](CN(C)Cc1ccc(Cl)c(Cl)c1)O2. The second-order valence-corrected chi connectivity index (χ2v) is 11.4. The largest absolute Gasteiger partial charge is 0.488 e. The van der Waals surface area contributed by atoms with Gasteiger partial charge in [0.05, 0.1) is 28.3 Å². The highest BCUT2D eigenvalue weighted by Crippen LogP contribution is 2.31. The Morgan fingerprint density at radius 3 is 2.61 bits per heavy atom. The van der Waals surface area contributed by atoms with E-state index in [-0.39, 0.29) is 24.5 Å². The van der Waals surface area contributed by atoms with E-state index in [2.05, 4.69) is 20.7 Å². The highest BCUT2D eigenvalue weighted by atomic mass is 35.5. The van der Waals surface area contributed by atoms with Crippen molar-refractivity contribution in [2.45, 2.75) is 46.4 Å². The lowest BCUT2D eigenvalue weighted by Gasteiger charge is -2.38. The number of carbonyl (C=O) groups excluding carboxylic acids is 2. The Hall–Kier alpha value is -3.31. The number of amides is 3. The first-order valence-electron chi connectivity index (χ1n) is 13.3. The van der Waals surface area contributed by atoms with Crippen LogP contribution >= 0.6 is 23.2 Å². The molecule has 1 aliphatic heterocycles. The van der Waals surface area contributed by atoms with Gasteiger partial charge in [-0.2, -0.15) is 0 Å². The molecule has 220 valence electrons. The summed E-state index contributed by atoms with van der Waals surface area (Å²) in [5.74, 6) is 0.556. The third kappa shape index (κ3) is 7.32. The van der Waals surface area contributed by atoms with Gasteiger partial charge in [0, 0.05) is 31.2 Å². The summed E-state index contributed by atoms with van der Waals surface area (Å²) < 4.78 is 11.6. The van der Waals surface area contributed by atoms with Gasteiger partial charge in [-0.15, -0.1) is 0 Å². The Morgan fingerprint density at radius 2 is 1.95 bits per heavy atom. The molecule has 3 atom stereocenters. The van der Waals surface area contributed by atoms with E-state index in [1.54, 1.807) is 49.9 Å². The fraction of sp³-hybridized carbons (Fsp3) is 0.414. The monoisotopic (exact) mass is 603 g/mol. The fourth-order valence-electron chi connectivity index (χ4n) is 4.78. The number of rotatable bonds is 8. The van der Waals surface area contributed by atoms with Gasteiger partial charge in [0.1, 0.15) is 23.2 Å². The zero-order valence-corrected chi connectivity index (χ0v) is 25.2. The lowest BCUT2D eigenvalue weighted by atomic mass is 9.99. The zero-order valence-electron chi connectivity index (χ0n) is 23.7. The van der Waals surface area contributed by atoms with Crippen LogP contribution in [0.3, 0.4) is 0 Å². The number of aliphatic hydroxyl groups is 1. The van der Waals surface area contributed by atoms with Crippen LogP contribution in [0, 0.1) is 19.8 Å². The summed E-state index contributed by atoms with van der Waals surface area (Å²) in [6.45, 7) is 8.64. The maximum atomic E-state index is 13.7. The summed E-state index contributed by atoms with van der Waals surface area (Å²) in [5, 5.41) is 20.3. The van der Waals surface area contributed by atoms with Crippen LogP contribution < -0.4 is 15.4 Å². The highest BCUT2D eigenvalue weighted by molar-refractivity contribution is 6.42. The van der Waals surface area contributed by atoms with Crippen LogP contribution in [0.25, 0.3) is 0 Å². The topological polar surface area (TPSA) is 120 Å². The molecule has 0 saturated carbocycles. The van der Waals surface area contributed by atoms with Crippen LogP contribution in [0.2, 0.25) is 10.0 Å². The average molecular weight is 605 g/mol. The lowest BCUT2D eigenvalue weighted by molar-refractivity contribution is 0.0341. The Bertz CT molecular complexity index is 1390. The summed E-state index contributed by atoms with van der Waals surface area (Å²) >= 11 is 12.3. The molecule has 1 aromatic heterocycles. The Balaban J connectivity index is 1.57. The third-order valence-electron chi connectivity index (χ3n) is 7.12. The summed E-state index contributed by atoms with van der Waals surface area (Å²) in [7, 11) is 1.99. The normalized spacial score (nSPS) is 17.9. The second kappa shape index (κ2) is 13.1. The molecule has 10 nitrogen and oxygen atoms in total. The lowest BCUT2D eigenvalue weighted by Crippen LogP contribution is -2.49. The van der Waals surface area contributed by atoms with Crippen molar-refractivity contribution in [3.8, 4) is 5.75 Å². The summed E-state index contributed by atoms with van der Waals surface area (Å²) in [4.78, 5) is 30.2. The molecule has 0 fully saturated rings.